The molecule has 3 rings (SSSR count). The average Bonchev–Trinajstić information content (AvgIpc) is 2.97. The molecule has 0 aliphatic rings. The molecule has 0 radical (unpaired) electrons. The Morgan fingerprint density at radius 3 is 2.39 bits per heavy atom. The second kappa shape index (κ2) is 17.7. The number of phenols is 1. The lowest BCUT2D eigenvalue weighted by atomic mass is 10.1. The van der Waals surface area contributed by atoms with Crippen molar-refractivity contribution in [1.29, 1.82) is 0 Å². The van der Waals surface area contributed by atoms with E-state index in [1.165, 1.54) is 11.0 Å². The lowest BCUT2D eigenvalue weighted by molar-refractivity contribution is -0.105. The summed E-state index contributed by atoms with van der Waals surface area (Å²) in [5, 5.41) is 25.7. The predicted molar refractivity (Wildman–Crippen MR) is 162 cm³/mol. The van der Waals surface area contributed by atoms with Crippen LogP contribution in [0.25, 0.3) is 0 Å². The van der Waals surface area contributed by atoms with Gasteiger partial charge >= 0.3 is 6.03 Å². The van der Waals surface area contributed by atoms with E-state index in [4.69, 9.17) is 10.5 Å². The van der Waals surface area contributed by atoms with E-state index in [1.807, 2.05) is 48.5 Å². The van der Waals surface area contributed by atoms with E-state index in [1.54, 1.807) is 12.1 Å². The van der Waals surface area contributed by atoms with Crippen LogP contribution in [0.15, 0.2) is 72.8 Å². The van der Waals surface area contributed by atoms with Gasteiger partial charge in [0.2, 0.25) is 6.41 Å². The Labute approximate surface area is 242 Å². The molecular formula is C32H42N4O5. The number of hydrogen-bond acceptors (Lipinski definition) is 6. The third kappa shape index (κ3) is 10.9. The number of phenolic OH excluding ortho intramolecular Hbond substituents is 1. The molecule has 0 unspecified atom stereocenters. The van der Waals surface area contributed by atoms with Gasteiger partial charge in [-0.25, -0.2) is 4.79 Å². The molecule has 0 bridgehead atoms. The fourth-order valence-corrected chi connectivity index (χ4v) is 4.57. The third-order valence-corrected chi connectivity index (χ3v) is 6.76. The van der Waals surface area contributed by atoms with Crippen LogP contribution in [0.4, 0.5) is 21.9 Å². The molecule has 3 aromatic rings. The summed E-state index contributed by atoms with van der Waals surface area (Å²) in [6, 6.07) is 21.5. The fraction of sp³-hybridized carbons (Fsp3) is 0.375. The highest BCUT2D eigenvalue weighted by atomic mass is 16.5. The van der Waals surface area contributed by atoms with E-state index in [2.05, 4.69) is 16.7 Å². The number of carbonyl (C=O) groups excluding carboxylic acids is 2. The Morgan fingerprint density at radius 2 is 1.63 bits per heavy atom. The average molecular weight is 563 g/mol. The molecule has 0 aliphatic carbocycles. The van der Waals surface area contributed by atoms with E-state index in [-0.39, 0.29) is 11.4 Å². The molecule has 0 heterocycles. The molecule has 3 amide bonds. The van der Waals surface area contributed by atoms with Crippen molar-refractivity contribution in [2.24, 2.45) is 5.73 Å². The van der Waals surface area contributed by atoms with Crippen LogP contribution in [0.2, 0.25) is 0 Å². The summed E-state index contributed by atoms with van der Waals surface area (Å²) in [6.07, 6.45) is 6.86. The number of nitrogens with one attached hydrogen (secondary N) is 2. The number of ether oxygens (including phenoxy) is 1. The maximum atomic E-state index is 12.1. The minimum absolute atomic E-state index is 0.0371. The SMILES string of the molecule is NC(=O)N(c1ccccc1)c1cccc(CCCCOCCCCCCNC[C@H](O)c2ccc(O)c(NC=O)c2)c1. The number of rotatable bonds is 19. The molecule has 6 N–H and O–H groups in total. The van der Waals surface area contributed by atoms with Crippen LogP contribution in [0.1, 0.15) is 55.8 Å². The molecule has 0 spiro atoms. The van der Waals surface area contributed by atoms with E-state index in [9.17, 15) is 19.8 Å². The monoisotopic (exact) mass is 562 g/mol. The van der Waals surface area contributed by atoms with Crippen LogP contribution in [0.5, 0.6) is 5.75 Å². The zero-order valence-corrected chi connectivity index (χ0v) is 23.5. The van der Waals surface area contributed by atoms with Gasteiger partial charge in [0, 0.05) is 19.8 Å². The van der Waals surface area contributed by atoms with Crippen LogP contribution in [0, 0.1) is 0 Å². The van der Waals surface area contributed by atoms with Gasteiger partial charge in [0.1, 0.15) is 5.75 Å². The molecule has 41 heavy (non-hydrogen) atoms. The zero-order valence-electron chi connectivity index (χ0n) is 23.5. The van der Waals surface area contributed by atoms with Crippen molar-refractivity contribution in [2.75, 3.05) is 36.5 Å². The Bertz CT molecular complexity index is 1210. The third-order valence-electron chi connectivity index (χ3n) is 6.76. The Morgan fingerprint density at radius 1 is 0.902 bits per heavy atom. The predicted octanol–water partition coefficient (Wildman–Crippen LogP) is 5.40. The molecule has 0 fully saturated rings. The number of carbonyl (C=O) groups is 2. The van der Waals surface area contributed by atoms with E-state index >= 15 is 0 Å². The van der Waals surface area contributed by atoms with Crippen LogP contribution in [-0.4, -0.2) is 49.0 Å². The van der Waals surface area contributed by atoms with Crippen molar-refractivity contribution in [1.82, 2.24) is 5.32 Å². The standard InChI is InChI=1S/C32H42N4O5/c33-32(40)36(27-13-4-3-5-14-27)28-15-10-12-25(21-28)11-6-9-20-41-19-8-2-1-7-18-34-23-31(39)26-16-17-30(38)29(22-26)35-24-37/h3-5,10,12-17,21-22,24,31,34,38-39H,1-2,6-9,11,18-20,23H2,(H2,33,40)(H,35,37)/t31-/m0/s1. The van der Waals surface area contributed by atoms with E-state index < -0.39 is 12.1 Å². The summed E-state index contributed by atoms with van der Waals surface area (Å²) in [4.78, 5) is 24.2. The number of para-hydroxylation sites is 1. The number of urea groups is 1. The molecule has 9 nitrogen and oxygen atoms in total. The minimum atomic E-state index is -0.723. The number of primary amides is 1. The smallest absolute Gasteiger partial charge is 0.323 e. The summed E-state index contributed by atoms with van der Waals surface area (Å²) in [7, 11) is 0. The summed E-state index contributed by atoms with van der Waals surface area (Å²) < 4.78 is 5.80. The lowest BCUT2D eigenvalue weighted by Crippen LogP contribution is -2.31. The van der Waals surface area contributed by atoms with Crippen LogP contribution in [-0.2, 0) is 16.0 Å². The summed E-state index contributed by atoms with van der Waals surface area (Å²) >= 11 is 0. The number of aromatic hydroxyl groups is 1. The lowest BCUT2D eigenvalue weighted by Gasteiger charge is -2.21. The first-order valence-corrected chi connectivity index (χ1v) is 14.2. The highest BCUT2D eigenvalue weighted by Crippen LogP contribution is 2.27. The molecular weight excluding hydrogens is 520 g/mol. The van der Waals surface area contributed by atoms with Gasteiger partial charge in [0.25, 0.3) is 0 Å². The summed E-state index contributed by atoms with van der Waals surface area (Å²) in [5.41, 5.74) is 9.24. The highest BCUT2D eigenvalue weighted by molar-refractivity contribution is 5.98. The van der Waals surface area contributed by atoms with Gasteiger partial charge in [-0.2, -0.15) is 0 Å². The first kappa shape index (κ1) is 31.6. The van der Waals surface area contributed by atoms with Crippen molar-refractivity contribution in [3.05, 3.63) is 83.9 Å². The normalized spacial score (nSPS) is 11.6. The molecule has 0 saturated carbocycles. The van der Waals surface area contributed by atoms with E-state index in [0.717, 1.165) is 81.6 Å². The van der Waals surface area contributed by atoms with Gasteiger partial charge in [0.05, 0.1) is 23.2 Å². The summed E-state index contributed by atoms with van der Waals surface area (Å²) in [5.74, 6) is -0.0371. The fourth-order valence-electron chi connectivity index (χ4n) is 4.57. The van der Waals surface area contributed by atoms with Crippen LogP contribution < -0.4 is 21.3 Å². The quantitative estimate of drug-likeness (QED) is 0.0754. The van der Waals surface area contributed by atoms with Crippen molar-refractivity contribution in [2.45, 2.75) is 51.0 Å². The number of anilines is 3. The van der Waals surface area contributed by atoms with Crippen molar-refractivity contribution >= 4 is 29.5 Å². The molecule has 0 aliphatic heterocycles. The second-order valence-corrected chi connectivity index (χ2v) is 9.92. The van der Waals surface area contributed by atoms with Gasteiger partial charge in [-0.1, -0.05) is 49.2 Å². The number of benzene rings is 3. The van der Waals surface area contributed by atoms with Crippen LogP contribution >= 0.6 is 0 Å². The number of unbranched alkanes of at least 4 members (excludes halogenated alkanes) is 4. The maximum Gasteiger partial charge on any atom is 0.323 e. The molecule has 1 atom stereocenters. The molecule has 0 saturated heterocycles. The number of amides is 3. The van der Waals surface area contributed by atoms with Crippen LogP contribution in [0.3, 0.4) is 0 Å². The maximum absolute atomic E-state index is 12.1. The molecule has 9 heteroatoms. The second-order valence-electron chi connectivity index (χ2n) is 9.92. The van der Waals surface area contributed by atoms with Crippen molar-refractivity contribution < 1.29 is 24.5 Å². The summed E-state index contributed by atoms with van der Waals surface area (Å²) in [6.45, 7) is 2.69. The number of aliphatic hydroxyl groups excluding tert-OH is 1. The van der Waals surface area contributed by atoms with Gasteiger partial charge < -0.3 is 31.3 Å². The van der Waals surface area contributed by atoms with E-state index in [0.29, 0.717) is 18.5 Å². The number of nitrogens with two attached hydrogens (primary N) is 1. The van der Waals surface area contributed by atoms with Crippen molar-refractivity contribution in [3.63, 3.8) is 0 Å². The molecule has 220 valence electrons. The highest BCUT2D eigenvalue weighted by Gasteiger charge is 2.15. The molecule has 0 aromatic heterocycles. The Balaban J connectivity index is 1.21. The number of hydrogen-bond donors (Lipinski definition) is 5. The first-order valence-electron chi connectivity index (χ1n) is 14.2. The minimum Gasteiger partial charge on any atom is -0.506 e. The van der Waals surface area contributed by atoms with Crippen molar-refractivity contribution in [3.8, 4) is 5.75 Å². The van der Waals surface area contributed by atoms with Gasteiger partial charge in [-0.15, -0.1) is 0 Å². The topological polar surface area (TPSA) is 137 Å². The Kier molecular flexibility index (Phi) is 13.6. The first-order chi connectivity index (χ1) is 20.0. The number of nitrogens with zero attached hydrogens (tertiary/aromatic N) is 1. The number of aliphatic hydroxyl groups is 1. The van der Waals surface area contributed by atoms with Gasteiger partial charge in [-0.3, -0.25) is 9.69 Å². The Hall–Kier alpha value is -3.92. The van der Waals surface area contributed by atoms with Gasteiger partial charge in [0.15, 0.2) is 0 Å². The molecule has 3 aromatic carbocycles. The largest absolute Gasteiger partial charge is 0.506 e. The van der Waals surface area contributed by atoms with Gasteiger partial charge in [-0.05, 0) is 86.2 Å². The zero-order chi connectivity index (χ0) is 29.3. The number of aryl methyl sites for hydroxylation is 1.